The number of carbonyl (C=O) groups excluding carboxylic acids is 1. The van der Waals surface area contributed by atoms with E-state index in [0.29, 0.717) is 42.7 Å². The quantitative estimate of drug-likeness (QED) is 0.0821. The highest BCUT2D eigenvalue weighted by molar-refractivity contribution is 14.1. The van der Waals surface area contributed by atoms with Gasteiger partial charge in [0.1, 0.15) is 0 Å². The van der Waals surface area contributed by atoms with Crippen molar-refractivity contribution in [1.82, 2.24) is 0 Å². The standard InChI is InChI=1S/C30H19F3IN3O5S/c1-41-25-15-18(14-22(34)27(25)42-24-13-12-19(30(31,32)33)17-23(24)37(39)40)16-26-28(38)36(21-10-6-3-7-11-21)29(43-26)35-20-8-4-2-5-9-20/h2-17H,1H3/b26-16-,35-29?. The van der Waals surface area contributed by atoms with Crippen molar-refractivity contribution < 1.29 is 32.4 Å². The van der Waals surface area contributed by atoms with E-state index in [4.69, 9.17) is 9.47 Å². The molecule has 13 heteroatoms. The molecule has 0 saturated carbocycles. The number of nitro groups is 1. The van der Waals surface area contributed by atoms with Crippen LogP contribution in [0.4, 0.5) is 30.2 Å². The summed E-state index contributed by atoms with van der Waals surface area (Å²) in [6.45, 7) is 0. The third kappa shape index (κ3) is 6.67. The molecule has 0 atom stereocenters. The number of para-hydroxylation sites is 2. The maximum Gasteiger partial charge on any atom is 0.416 e. The van der Waals surface area contributed by atoms with Gasteiger partial charge in [-0.15, -0.1) is 0 Å². The molecule has 0 aromatic heterocycles. The van der Waals surface area contributed by atoms with Crippen molar-refractivity contribution in [2.24, 2.45) is 4.99 Å². The van der Waals surface area contributed by atoms with E-state index in [1.165, 1.54) is 23.8 Å². The third-order valence-electron chi connectivity index (χ3n) is 6.05. The molecule has 1 amide bonds. The molecule has 1 fully saturated rings. The number of rotatable bonds is 7. The van der Waals surface area contributed by atoms with Crippen molar-refractivity contribution in [3.05, 3.63) is 121 Å². The van der Waals surface area contributed by atoms with Gasteiger partial charge in [-0.25, -0.2) is 4.99 Å². The highest BCUT2D eigenvalue weighted by Crippen LogP contribution is 2.43. The summed E-state index contributed by atoms with van der Waals surface area (Å²) in [5, 5.41) is 12.0. The minimum Gasteiger partial charge on any atom is -0.493 e. The average Bonchev–Trinajstić information content (AvgIpc) is 3.28. The van der Waals surface area contributed by atoms with Gasteiger partial charge < -0.3 is 9.47 Å². The number of anilines is 1. The summed E-state index contributed by atoms with van der Waals surface area (Å²) in [5.74, 6) is -0.458. The SMILES string of the molecule is COc1cc(/C=C2\SC(=Nc3ccccc3)N(c3ccccc3)C2=O)cc(I)c1Oc1ccc(C(F)(F)F)cc1[N+](=O)[O-]. The van der Waals surface area contributed by atoms with E-state index in [1.54, 1.807) is 30.3 Å². The molecule has 1 saturated heterocycles. The summed E-state index contributed by atoms with van der Waals surface area (Å²) >= 11 is 3.12. The summed E-state index contributed by atoms with van der Waals surface area (Å²) in [6.07, 6.45) is -3.10. The summed E-state index contributed by atoms with van der Waals surface area (Å²) < 4.78 is 51.1. The van der Waals surface area contributed by atoms with Crippen LogP contribution in [0.1, 0.15) is 11.1 Å². The van der Waals surface area contributed by atoms with E-state index in [-0.39, 0.29) is 23.2 Å². The first kappa shape index (κ1) is 30.1. The van der Waals surface area contributed by atoms with Crippen molar-refractivity contribution in [2.45, 2.75) is 6.18 Å². The van der Waals surface area contributed by atoms with Crippen LogP contribution in [0.5, 0.6) is 17.2 Å². The second-order valence-electron chi connectivity index (χ2n) is 8.89. The molecular formula is C30H19F3IN3O5S. The molecule has 1 aliphatic rings. The van der Waals surface area contributed by atoms with Gasteiger partial charge in [0.2, 0.25) is 5.75 Å². The second kappa shape index (κ2) is 12.5. The van der Waals surface area contributed by atoms with Crippen LogP contribution in [-0.4, -0.2) is 23.1 Å². The Balaban J connectivity index is 1.51. The molecule has 0 bridgehead atoms. The first-order valence-corrected chi connectivity index (χ1v) is 14.3. The monoisotopic (exact) mass is 717 g/mol. The Bertz CT molecular complexity index is 1770. The minimum atomic E-state index is -4.76. The number of carbonyl (C=O) groups is 1. The number of halogens is 4. The molecule has 1 aliphatic heterocycles. The van der Waals surface area contributed by atoms with Crippen LogP contribution >= 0.6 is 34.4 Å². The van der Waals surface area contributed by atoms with Gasteiger partial charge in [0.15, 0.2) is 16.7 Å². The molecule has 0 radical (unpaired) electrons. The summed E-state index contributed by atoms with van der Waals surface area (Å²) in [7, 11) is 1.35. The van der Waals surface area contributed by atoms with Gasteiger partial charge in [-0.2, -0.15) is 13.2 Å². The normalized spacial score (nSPS) is 15.3. The Morgan fingerprint density at radius 2 is 1.65 bits per heavy atom. The van der Waals surface area contributed by atoms with Crippen LogP contribution in [0, 0.1) is 13.7 Å². The van der Waals surface area contributed by atoms with Crippen molar-refractivity contribution in [3.8, 4) is 17.2 Å². The first-order chi connectivity index (χ1) is 20.5. The molecule has 0 N–H and O–H groups in total. The highest BCUT2D eigenvalue weighted by Gasteiger charge is 2.35. The Kier molecular flexibility index (Phi) is 8.73. The highest BCUT2D eigenvalue weighted by atomic mass is 127. The van der Waals surface area contributed by atoms with E-state index in [9.17, 15) is 28.1 Å². The zero-order chi connectivity index (χ0) is 30.7. The first-order valence-electron chi connectivity index (χ1n) is 12.4. The number of hydrogen-bond acceptors (Lipinski definition) is 7. The fourth-order valence-electron chi connectivity index (χ4n) is 4.07. The Morgan fingerprint density at radius 1 is 0.977 bits per heavy atom. The van der Waals surface area contributed by atoms with Gasteiger partial charge in [-0.3, -0.25) is 19.8 Å². The Labute approximate surface area is 261 Å². The van der Waals surface area contributed by atoms with Gasteiger partial charge in [-0.1, -0.05) is 36.4 Å². The Morgan fingerprint density at radius 3 is 2.28 bits per heavy atom. The van der Waals surface area contributed by atoms with Crippen LogP contribution in [-0.2, 0) is 11.0 Å². The lowest BCUT2D eigenvalue weighted by atomic mass is 10.1. The van der Waals surface area contributed by atoms with E-state index in [0.717, 1.165) is 6.07 Å². The largest absolute Gasteiger partial charge is 0.493 e. The van der Waals surface area contributed by atoms with E-state index < -0.39 is 22.4 Å². The van der Waals surface area contributed by atoms with Gasteiger partial charge in [0.05, 0.1) is 37.4 Å². The molecule has 1 heterocycles. The lowest BCUT2D eigenvalue weighted by molar-refractivity contribution is -0.385. The van der Waals surface area contributed by atoms with Crippen LogP contribution in [0.2, 0.25) is 0 Å². The number of aliphatic imine (C=N–C) groups is 1. The molecule has 4 aromatic carbocycles. The topological polar surface area (TPSA) is 94.3 Å². The zero-order valence-electron chi connectivity index (χ0n) is 22.0. The zero-order valence-corrected chi connectivity index (χ0v) is 25.0. The number of benzene rings is 4. The third-order valence-corrected chi connectivity index (χ3v) is 7.82. The summed E-state index contributed by atoms with van der Waals surface area (Å²) in [4.78, 5) is 30.8. The van der Waals surface area contributed by atoms with Gasteiger partial charge in [0, 0.05) is 6.07 Å². The molecule has 5 rings (SSSR count). The van der Waals surface area contributed by atoms with Gasteiger partial charge >= 0.3 is 11.9 Å². The minimum absolute atomic E-state index is 0.0655. The van der Waals surface area contributed by atoms with Crippen molar-refractivity contribution in [2.75, 3.05) is 12.0 Å². The Hall–Kier alpha value is -4.37. The molecule has 0 spiro atoms. The number of thioether (sulfide) groups is 1. The average molecular weight is 717 g/mol. The number of amidine groups is 1. The maximum absolute atomic E-state index is 13.6. The number of nitrogens with zero attached hydrogens (tertiary/aromatic N) is 3. The molecule has 0 unspecified atom stereocenters. The smallest absolute Gasteiger partial charge is 0.416 e. The van der Waals surface area contributed by atoms with Crippen molar-refractivity contribution in [3.63, 3.8) is 0 Å². The van der Waals surface area contributed by atoms with Crippen LogP contribution in [0.15, 0.2) is 101 Å². The molecular weight excluding hydrogens is 698 g/mol. The van der Waals surface area contributed by atoms with Gasteiger partial charge in [-0.05, 0) is 94.5 Å². The number of alkyl halides is 3. The number of methoxy groups -OCH3 is 1. The number of hydrogen-bond donors (Lipinski definition) is 0. The molecule has 4 aromatic rings. The van der Waals surface area contributed by atoms with Crippen LogP contribution in [0.25, 0.3) is 6.08 Å². The molecule has 8 nitrogen and oxygen atoms in total. The van der Waals surface area contributed by atoms with Crippen LogP contribution in [0.3, 0.4) is 0 Å². The lowest BCUT2D eigenvalue weighted by Gasteiger charge is -2.15. The predicted octanol–water partition coefficient (Wildman–Crippen LogP) is 8.83. The van der Waals surface area contributed by atoms with E-state index in [1.807, 2.05) is 71.1 Å². The number of amides is 1. The number of ether oxygens (including phenoxy) is 2. The number of nitro benzene ring substituents is 1. The van der Waals surface area contributed by atoms with E-state index >= 15 is 0 Å². The van der Waals surface area contributed by atoms with E-state index in [2.05, 4.69) is 4.99 Å². The fourth-order valence-corrected chi connectivity index (χ4v) is 5.81. The summed E-state index contributed by atoms with van der Waals surface area (Å²) in [5.41, 5.74) is -0.144. The molecule has 43 heavy (non-hydrogen) atoms. The fraction of sp³-hybridized carbons (Fsp3) is 0.0667. The lowest BCUT2D eigenvalue weighted by Crippen LogP contribution is -2.28. The predicted molar refractivity (Wildman–Crippen MR) is 167 cm³/mol. The maximum atomic E-state index is 13.6. The summed E-state index contributed by atoms with van der Waals surface area (Å²) in [6, 6.07) is 23.6. The van der Waals surface area contributed by atoms with Gasteiger partial charge in [0.25, 0.3) is 5.91 Å². The second-order valence-corrected chi connectivity index (χ2v) is 11.1. The molecule has 0 aliphatic carbocycles. The molecule has 218 valence electrons. The van der Waals surface area contributed by atoms with Crippen molar-refractivity contribution in [1.29, 1.82) is 0 Å². The van der Waals surface area contributed by atoms with Crippen LogP contribution < -0.4 is 14.4 Å². The van der Waals surface area contributed by atoms with Crippen molar-refractivity contribution >= 4 is 68.6 Å².